The van der Waals surface area contributed by atoms with Crippen molar-refractivity contribution in [3.05, 3.63) is 5.82 Å². The van der Waals surface area contributed by atoms with Gasteiger partial charge in [0.15, 0.2) is 0 Å². The molecule has 1 aromatic heterocycles. The van der Waals surface area contributed by atoms with Gasteiger partial charge in [-0.1, -0.05) is 13.3 Å². The lowest BCUT2D eigenvalue weighted by Crippen LogP contribution is -2.33. The number of rotatable bonds is 5. The average Bonchev–Trinajstić information content (AvgIpc) is 2.62. The molecule has 1 atom stereocenters. The maximum Gasteiger partial charge on any atom is 0.452 e. The van der Waals surface area contributed by atoms with Crippen molar-refractivity contribution in [1.82, 2.24) is 9.36 Å². The fourth-order valence-corrected chi connectivity index (χ4v) is 1.88. The number of aliphatic hydroxyl groups is 1. The predicted molar refractivity (Wildman–Crippen MR) is 58.9 cm³/mol. The number of nitrogens with one attached hydrogen (secondary N) is 1. The lowest BCUT2D eigenvalue weighted by Gasteiger charge is -2.22. The van der Waals surface area contributed by atoms with Crippen LogP contribution in [0.25, 0.3) is 0 Å². The molecule has 0 spiro atoms. The molecule has 98 valence electrons. The molecule has 17 heavy (non-hydrogen) atoms. The van der Waals surface area contributed by atoms with Crippen LogP contribution < -0.4 is 5.32 Å². The van der Waals surface area contributed by atoms with E-state index in [1.165, 1.54) is 0 Å². The van der Waals surface area contributed by atoms with Crippen molar-refractivity contribution in [2.24, 2.45) is 0 Å². The zero-order valence-corrected chi connectivity index (χ0v) is 10.3. The monoisotopic (exact) mass is 269 g/mol. The van der Waals surface area contributed by atoms with Crippen LogP contribution in [-0.4, -0.2) is 26.6 Å². The molecule has 0 aromatic carbocycles. The van der Waals surface area contributed by atoms with E-state index in [9.17, 15) is 18.3 Å². The predicted octanol–water partition coefficient (Wildman–Crippen LogP) is 2.52. The van der Waals surface area contributed by atoms with E-state index in [4.69, 9.17) is 0 Å². The number of hydrogen-bond acceptors (Lipinski definition) is 5. The number of alkyl halides is 3. The Labute approximate surface area is 101 Å². The molecule has 0 radical (unpaired) electrons. The lowest BCUT2D eigenvalue weighted by atomic mass is 10.0. The molecule has 0 aliphatic rings. The number of anilines is 1. The molecule has 2 N–H and O–H groups in total. The third-order valence-electron chi connectivity index (χ3n) is 2.09. The topological polar surface area (TPSA) is 58.0 Å². The zero-order valence-electron chi connectivity index (χ0n) is 9.51. The van der Waals surface area contributed by atoms with Crippen LogP contribution in [0.3, 0.4) is 0 Å². The molecule has 1 aromatic rings. The third kappa shape index (κ3) is 4.47. The molecule has 8 heteroatoms. The van der Waals surface area contributed by atoms with Gasteiger partial charge in [0.25, 0.3) is 0 Å². The van der Waals surface area contributed by atoms with Crippen molar-refractivity contribution in [3.8, 4) is 0 Å². The van der Waals surface area contributed by atoms with Gasteiger partial charge >= 0.3 is 6.18 Å². The Kier molecular flexibility index (Phi) is 4.31. The highest BCUT2D eigenvalue weighted by Gasteiger charge is 2.36. The first kappa shape index (κ1) is 14.2. The molecule has 0 saturated carbocycles. The molecule has 0 aliphatic heterocycles. The van der Waals surface area contributed by atoms with Crippen molar-refractivity contribution in [2.45, 2.75) is 38.5 Å². The van der Waals surface area contributed by atoms with Crippen LogP contribution in [0.1, 0.15) is 32.5 Å². The molecule has 1 unspecified atom stereocenters. The minimum atomic E-state index is -4.53. The largest absolute Gasteiger partial charge is 0.452 e. The molecule has 0 amide bonds. The van der Waals surface area contributed by atoms with Crippen LogP contribution in [-0.2, 0) is 6.18 Å². The Morgan fingerprint density at radius 2 is 2.06 bits per heavy atom. The van der Waals surface area contributed by atoms with Crippen LogP contribution >= 0.6 is 11.5 Å². The first-order valence-electron chi connectivity index (χ1n) is 5.12. The third-order valence-corrected chi connectivity index (χ3v) is 2.76. The van der Waals surface area contributed by atoms with Gasteiger partial charge in [0.05, 0.1) is 5.60 Å². The summed E-state index contributed by atoms with van der Waals surface area (Å²) in [5, 5.41) is 12.5. The summed E-state index contributed by atoms with van der Waals surface area (Å²) in [6.07, 6.45) is -3.17. The lowest BCUT2D eigenvalue weighted by molar-refractivity contribution is -0.144. The molecule has 1 heterocycles. The van der Waals surface area contributed by atoms with E-state index in [1.807, 2.05) is 6.92 Å². The molecule has 0 bridgehead atoms. The second kappa shape index (κ2) is 5.18. The normalized spacial score (nSPS) is 15.6. The van der Waals surface area contributed by atoms with Crippen molar-refractivity contribution >= 4 is 16.7 Å². The van der Waals surface area contributed by atoms with Crippen LogP contribution in [0, 0.1) is 0 Å². The van der Waals surface area contributed by atoms with E-state index >= 15 is 0 Å². The van der Waals surface area contributed by atoms with E-state index < -0.39 is 17.6 Å². The number of halogens is 3. The number of nitrogens with zero attached hydrogens (tertiary/aromatic N) is 2. The highest BCUT2D eigenvalue weighted by Crippen LogP contribution is 2.29. The number of hydrogen-bond donors (Lipinski definition) is 2. The first-order chi connectivity index (χ1) is 7.74. The molecular weight excluding hydrogens is 255 g/mol. The van der Waals surface area contributed by atoms with Gasteiger partial charge in [-0.25, -0.2) is 0 Å². The summed E-state index contributed by atoms with van der Waals surface area (Å²) in [7, 11) is 0. The Morgan fingerprint density at radius 1 is 1.41 bits per heavy atom. The highest BCUT2D eigenvalue weighted by molar-refractivity contribution is 7.09. The van der Waals surface area contributed by atoms with Crippen LogP contribution in [0.15, 0.2) is 0 Å². The minimum absolute atomic E-state index is 0.0636. The molecule has 0 saturated heterocycles. The van der Waals surface area contributed by atoms with E-state index in [2.05, 4.69) is 14.7 Å². The van der Waals surface area contributed by atoms with Gasteiger partial charge in [-0.3, -0.25) is 0 Å². The molecular formula is C9H14F3N3OS. The summed E-state index contributed by atoms with van der Waals surface area (Å²) in [5.74, 6) is -1.15. The van der Waals surface area contributed by atoms with Crippen molar-refractivity contribution in [1.29, 1.82) is 0 Å². The van der Waals surface area contributed by atoms with E-state index in [-0.39, 0.29) is 11.7 Å². The van der Waals surface area contributed by atoms with Crippen LogP contribution in [0.4, 0.5) is 18.3 Å². The van der Waals surface area contributed by atoms with Crippen molar-refractivity contribution in [3.63, 3.8) is 0 Å². The Bertz CT molecular complexity index is 365. The van der Waals surface area contributed by atoms with E-state index in [1.54, 1.807) is 6.92 Å². The second-order valence-corrected chi connectivity index (χ2v) is 4.77. The van der Waals surface area contributed by atoms with Crippen LogP contribution in [0.5, 0.6) is 0 Å². The maximum absolute atomic E-state index is 12.2. The molecule has 1 rings (SSSR count). The van der Waals surface area contributed by atoms with Crippen molar-refractivity contribution < 1.29 is 18.3 Å². The molecule has 0 aliphatic carbocycles. The van der Waals surface area contributed by atoms with Gasteiger partial charge in [-0.2, -0.15) is 22.5 Å². The van der Waals surface area contributed by atoms with Gasteiger partial charge in [0, 0.05) is 18.1 Å². The Morgan fingerprint density at radius 3 is 2.53 bits per heavy atom. The quantitative estimate of drug-likeness (QED) is 0.862. The van der Waals surface area contributed by atoms with Gasteiger partial charge in [0.1, 0.15) is 0 Å². The van der Waals surface area contributed by atoms with Gasteiger partial charge in [-0.05, 0) is 13.3 Å². The SMILES string of the molecule is CCCC(C)(O)CNc1nc(C(F)(F)F)ns1. The summed E-state index contributed by atoms with van der Waals surface area (Å²) in [6, 6.07) is 0. The number of aromatic nitrogens is 2. The summed E-state index contributed by atoms with van der Waals surface area (Å²) >= 11 is 0.632. The maximum atomic E-state index is 12.2. The van der Waals surface area contributed by atoms with E-state index in [0.29, 0.717) is 18.0 Å². The Balaban J connectivity index is 2.56. The molecule has 0 fully saturated rings. The molecule has 4 nitrogen and oxygen atoms in total. The smallest absolute Gasteiger partial charge is 0.388 e. The average molecular weight is 269 g/mol. The van der Waals surface area contributed by atoms with Crippen molar-refractivity contribution in [2.75, 3.05) is 11.9 Å². The Hall–Kier alpha value is -0.890. The summed E-state index contributed by atoms with van der Waals surface area (Å²) in [5.41, 5.74) is -0.960. The van der Waals surface area contributed by atoms with Crippen LogP contribution in [0.2, 0.25) is 0 Å². The summed E-state index contributed by atoms with van der Waals surface area (Å²) in [4.78, 5) is 3.30. The van der Waals surface area contributed by atoms with E-state index in [0.717, 1.165) is 6.42 Å². The zero-order chi connectivity index (χ0) is 13.1. The fraction of sp³-hybridized carbons (Fsp3) is 0.778. The van der Waals surface area contributed by atoms with Gasteiger partial charge in [0.2, 0.25) is 11.0 Å². The summed E-state index contributed by atoms with van der Waals surface area (Å²) in [6.45, 7) is 3.68. The van der Waals surface area contributed by atoms with Gasteiger partial charge in [-0.15, -0.1) is 0 Å². The second-order valence-electron chi connectivity index (χ2n) is 4.02. The van der Waals surface area contributed by atoms with Gasteiger partial charge < -0.3 is 10.4 Å². The first-order valence-corrected chi connectivity index (χ1v) is 5.89. The standard InChI is InChI=1S/C9H14F3N3OS/c1-3-4-8(2,16)5-13-7-14-6(15-17-7)9(10,11)12/h16H,3-5H2,1-2H3,(H,13,14,15). The minimum Gasteiger partial charge on any atom is -0.388 e. The highest BCUT2D eigenvalue weighted by atomic mass is 32.1. The fourth-order valence-electron chi connectivity index (χ4n) is 1.30. The summed E-state index contributed by atoms with van der Waals surface area (Å²) < 4.78 is 39.8.